The monoisotopic (exact) mass is 298 g/mol. The molecule has 2 aromatic carbocycles. The first-order valence-electron chi connectivity index (χ1n) is 6.57. The van der Waals surface area contributed by atoms with Gasteiger partial charge in [0, 0.05) is 11.0 Å². The summed E-state index contributed by atoms with van der Waals surface area (Å²) >= 11 is 0. The number of rotatable bonds is 3. The van der Waals surface area contributed by atoms with E-state index in [9.17, 15) is 8.42 Å². The van der Waals surface area contributed by atoms with Crippen LogP contribution < -0.4 is 4.74 Å². The first-order chi connectivity index (χ1) is 10.1. The molecule has 1 aliphatic rings. The highest BCUT2D eigenvalue weighted by atomic mass is 32.2. The lowest BCUT2D eigenvalue weighted by Crippen LogP contribution is -2.00. The molecule has 0 aliphatic carbocycles. The van der Waals surface area contributed by atoms with Gasteiger partial charge in [-0.1, -0.05) is 30.3 Å². The average Bonchev–Trinajstić information content (AvgIpc) is 2.54. The minimum atomic E-state index is -3.41. The molecule has 0 saturated heterocycles. The highest BCUT2D eigenvalue weighted by Gasteiger charge is 2.09. The second-order valence-electron chi connectivity index (χ2n) is 4.67. The van der Waals surface area contributed by atoms with Crippen LogP contribution in [0.5, 0.6) is 5.75 Å². The predicted octanol–water partition coefficient (Wildman–Crippen LogP) is 3.54. The van der Waals surface area contributed by atoms with Crippen molar-refractivity contribution in [2.75, 3.05) is 6.61 Å². The van der Waals surface area contributed by atoms with Gasteiger partial charge in [-0.15, -0.1) is 0 Å². The summed E-state index contributed by atoms with van der Waals surface area (Å²) in [7, 11) is -3.41. The van der Waals surface area contributed by atoms with Gasteiger partial charge in [0.15, 0.2) is 9.84 Å². The van der Waals surface area contributed by atoms with Crippen LogP contribution in [0.3, 0.4) is 0 Å². The third-order valence-electron chi connectivity index (χ3n) is 3.18. The maximum atomic E-state index is 12.2. The lowest BCUT2D eigenvalue weighted by atomic mass is 10.1. The van der Waals surface area contributed by atoms with Crippen LogP contribution in [0.15, 0.2) is 64.9 Å². The van der Waals surface area contributed by atoms with Crippen molar-refractivity contribution in [2.45, 2.75) is 4.90 Å². The molecule has 2 aromatic rings. The van der Waals surface area contributed by atoms with E-state index >= 15 is 0 Å². The molecule has 0 N–H and O–H groups in total. The second-order valence-corrected chi connectivity index (χ2v) is 6.51. The molecule has 0 radical (unpaired) electrons. The van der Waals surface area contributed by atoms with Gasteiger partial charge in [-0.3, -0.25) is 0 Å². The van der Waals surface area contributed by atoms with Crippen LogP contribution in [0.1, 0.15) is 11.1 Å². The maximum Gasteiger partial charge on any atom is 0.199 e. The van der Waals surface area contributed by atoms with Crippen molar-refractivity contribution in [1.82, 2.24) is 0 Å². The second kappa shape index (κ2) is 5.58. The van der Waals surface area contributed by atoms with Gasteiger partial charge >= 0.3 is 0 Å². The fourth-order valence-corrected chi connectivity index (χ4v) is 3.13. The van der Waals surface area contributed by atoms with Crippen molar-refractivity contribution in [3.8, 4) is 5.75 Å². The highest BCUT2D eigenvalue weighted by molar-refractivity contribution is 7.94. The molecule has 21 heavy (non-hydrogen) atoms. The van der Waals surface area contributed by atoms with Crippen LogP contribution in [0, 0.1) is 0 Å². The molecule has 3 nitrogen and oxygen atoms in total. The molecular weight excluding hydrogens is 284 g/mol. The zero-order valence-electron chi connectivity index (χ0n) is 11.3. The Labute approximate surface area is 124 Å². The minimum absolute atomic E-state index is 0.294. The summed E-state index contributed by atoms with van der Waals surface area (Å²) in [6.45, 7) is 0.574. The van der Waals surface area contributed by atoms with Crippen LogP contribution in [0.25, 0.3) is 12.2 Å². The minimum Gasteiger partial charge on any atom is -0.489 e. The molecule has 0 aromatic heterocycles. The van der Waals surface area contributed by atoms with E-state index in [0.717, 1.165) is 16.9 Å². The molecule has 1 aliphatic heterocycles. The third kappa shape index (κ3) is 3.06. The molecule has 3 rings (SSSR count). The largest absolute Gasteiger partial charge is 0.489 e. The summed E-state index contributed by atoms with van der Waals surface area (Å²) in [6.07, 6.45) is 5.50. The number of benzene rings is 2. The van der Waals surface area contributed by atoms with Gasteiger partial charge in [-0.2, -0.15) is 0 Å². The summed E-state index contributed by atoms with van der Waals surface area (Å²) in [4.78, 5) is 0.294. The quantitative estimate of drug-likeness (QED) is 0.870. The fourth-order valence-electron chi connectivity index (χ4n) is 2.10. The Bertz CT molecular complexity index is 803. The standard InChI is InChI=1S/C17H14O3S/c18-21(19,16-6-2-1-3-7-16)12-10-14-8-9-17-15(13-14)5-4-11-20-17/h1-10,12-13H,11H2. The molecule has 0 atom stereocenters. The fraction of sp³-hybridized carbons (Fsp3) is 0.0588. The molecule has 106 valence electrons. The van der Waals surface area contributed by atoms with Gasteiger partial charge in [0.2, 0.25) is 0 Å². The Morgan fingerprint density at radius 1 is 1.05 bits per heavy atom. The third-order valence-corrected chi connectivity index (χ3v) is 4.60. The molecule has 0 fully saturated rings. The van der Waals surface area contributed by atoms with E-state index < -0.39 is 9.84 Å². The van der Waals surface area contributed by atoms with Crippen LogP contribution in [0.2, 0.25) is 0 Å². The van der Waals surface area contributed by atoms with Crippen molar-refractivity contribution in [3.05, 3.63) is 71.1 Å². The zero-order chi connectivity index (χ0) is 14.7. The van der Waals surface area contributed by atoms with Gasteiger partial charge in [0.05, 0.1) is 4.90 Å². The Kier molecular flexibility index (Phi) is 3.62. The molecular formula is C17H14O3S. The average molecular weight is 298 g/mol. The van der Waals surface area contributed by atoms with Gasteiger partial charge in [0.1, 0.15) is 12.4 Å². The number of hydrogen-bond donors (Lipinski definition) is 0. The van der Waals surface area contributed by atoms with Gasteiger partial charge < -0.3 is 4.74 Å². The van der Waals surface area contributed by atoms with E-state index in [4.69, 9.17) is 4.74 Å². The highest BCUT2D eigenvalue weighted by Crippen LogP contribution is 2.25. The molecule has 4 heteroatoms. The predicted molar refractivity (Wildman–Crippen MR) is 83.6 cm³/mol. The Hall–Kier alpha value is -2.33. The topological polar surface area (TPSA) is 43.4 Å². The lowest BCUT2D eigenvalue weighted by Gasteiger charge is -2.12. The van der Waals surface area contributed by atoms with E-state index in [0.29, 0.717) is 11.5 Å². The van der Waals surface area contributed by atoms with Crippen molar-refractivity contribution in [3.63, 3.8) is 0 Å². The number of fused-ring (bicyclic) bond motifs is 1. The molecule has 0 unspecified atom stereocenters. The number of ether oxygens (including phenoxy) is 1. The number of hydrogen-bond acceptors (Lipinski definition) is 3. The first-order valence-corrected chi connectivity index (χ1v) is 8.11. The van der Waals surface area contributed by atoms with Crippen LogP contribution in [-0.4, -0.2) is 15.0 Å². The van der Waals surface area contributed by atoms with E-state index in [-0.39, 0.29) is 0 Å². The van der Waals surface area contributed by atoms with Gasteiger partial charge in [-0.05, 0) is 42.0 Å². The van der Waals surface area contributed by atoms with Crippen molar-refractivity contribution >= 4 is 22.0 Å². The summed E-state index contributed by atoms with van der Waals surface area (Å²) in [5.74, 6) is 0.820. The summed E-state index contributed by atoms with van der Waals surface area (Å²) in [6, 6.07) is 14.0. The molecule has 0 amide bonds. The molecule has 1 heterocycles. The van der Waals surface area contributed by atoms with E-state index in [1.54, 1.807) is 36.4 Å². The molecule has 0 spiro atoms. The first kappa shape index (κ1) is 13.6. The Morgan fingerprint density at radius 3 is 2.67 bits per heavy atom. The lowest BCUT2D eigenvalue weighted by molar-refractivity contribution is 0.358. The van der Waals surface area contributed by atoms with Crippen molar-refractivity contribution in [2.24, 2.45) is 0 Å². The maximum absolute atomic E-state index is 12.2. The molecule has 0 saturated carbocycles. The van der Waals surface area contributed by atoms with Gasteiger partial charge in [0.25, 0.3) is 0 Å². The Morgan fingerprint density at radius 2 is 1.86 bits per heavy atom. The van der Waals surface area contributed by atoms with E-state index in [1.165, 1.54) is 5.41 Å². The van der Waals surface area contributed by atoms with Crippen molar-refractivity contribution in [1.29, 1.82) is 0 Å². The summed E-state index contributed by atoms with van der Waals surface area (Å²) in [5.41, 5.74) is 1.78. The van der Waals surface area contributed by atoms with Crippen LogP contribution in [-0.2, 0) is 9.84 Å². The Balaban J connectivity index is 1.89. The van der Waals surface area contributed by atoms with Crippen molar-refractivity contribution < 1.29 is 13.2 Å². The van der Waals surface area contributed by atoms with E-state index in [2.05, 4.69) is 0 Å². The van der Waals surface area contributed by atoms with E-state index in [1.807, 2.05) is 30.4 Å². The normalized spacial score (nSPS) is 13.9. The summed E-state index contributed by atoms with van der Waals surface area (Å²) in [5, 5.41) is 1.23. The van der Waals surface area contributed by atoms with Crippen LogP contribution >= 0.6 is 0 Å². The SMILES string of the molecule is O=S(=O)(C=Cc1ccc2c(c1)C=CCO2)c1ccccc1. The molecule has 0 bridgehead atoms. The number of sulfone groups is 1. The zero-order valence-corrected chi connectivity index (χ0v) is 12.1. The smallest absolute Gasteiger partial charge is 0.199 e. The van der Waals surface area contributed by atoms with Gasteiger partial charge in [-0.25, -0.2) is 8.42 Å². The summed E-state index contributed by atoms with van der Waals surface area (Å²) < 4.78 is 29.8. The van der Waals surface area contributed by atoms with Crippen LogP contribution in [0.4, 0.5) is 0 Å².